The minimum Gasteiger partial charge on any atom is -0.355 e. The fourth-order valence-electron chi connectivity index (χ4n) is 2.85. The number of hydrogen-bond acceptors (Lipinski definition) is 4. The second-order valence-electron chi connectivity index (χ2n) is 6.43. The summed E-state index contributed by atoms with van der Waals surface area (Å²) in [4.78, 5) is 30.0. The van der Waals surface area contributed by atoms with Gasteiger partial charge in [-0.05, 0) is 43.2 Å². The summed E-state index contributed by atoms with van der Waals surface area (Å²) in [6.45, 7) is 4.60. The van der Waals surface area contributed by atoms with E-state index in [1.165, 1.54) is 11.8 Å². The third kappa shape index (κ3) is 4.39. The highest BCUT2D eigenvalue weighted by Crippen LogP contribution is 2.26. The summed E-state index contributed by atoms with van der Waals surface area (Å²) < 4.78 is 1.55. The van der Waals surface area contributed by atoms with Crippen LogP contribution < -0.4 is 10.9 Å². The number of rotatable bonds is 7. The molecule has 1 N–H and O–H groups in total. The molecular formula is C21H22ClN3O2S. The van der Waals surface area contributed by atoms with E-state index in [0.717, 1.165) is 18.4 Å². The molecule has 0 aliphatic heterocycles. The van der Waals surface area contributed by atoms with Crippen LogP contribution in [0.25, 0.3) is 16.6 Å². The number of amides is 1. The van der Waals surface area contributed by atoms with E-state index in [9.17, 15) is 9.59 Å². The second-order valence-corrected chi connectivity index (χ2v) is 7.78. The average molecular weight is 416 g/mol. The molecule has 0 unspecified atom stereocenters. The Hall–Kier alpha value is -2.31. The van der Waals surface area contributed by atoms with E-state index >= 15 is 0 Å². The summed E-state index contributed by atoms with van der Waals surface area (Å²) >= 11 is 7.53. The van der Waals surface area contributed by atoms with Crippen molar-refractivity contribution in [2.24, 2.45) is 0 Å². The van der Waals surface area contributed by atoms with Crippen LogP contribution in [0.1, 0.15) is 25.3 Å². The Labute approximate surface area is 173 Å². The van der Waals surface area contributed by atoms with Gasteiger partial charge >= 0.3 is 0 Å². The number of nitrogens with one attached hydrogen (secondary N) is 1. The molecule has 3 rings (SSSR count). The standard InChI is InChI=1S/C21H22ClN3O2S/c1-3-4-12-23-19(26)13-28-21-24-17-10-6-5-8-15(17)20(27)25(21)18-11-7-9-16(22)14(18)2/h5-11H,3-4,12-13H2,1-2H3,(H,23,26). The predicted octanol–water partition coefficient (Wildman–Crippen LogP) is 4.36. The number of nitrogens with zero attached hydrogens (tertiary/aromatic N) is 2. The van der Waals surface area contributed by atoms with E-state index in [0.29, 0.717) is 33.3 Å². The van der Waals surface area contributed by atoms with Crippen LogP contribution in [0.15, 0.2) is 52.4 Å². The molecule has 0 aliphatic carbocycles. The SMILES string of the molecule is CCCCNC(=O)CSc1nc2ccccc2c(=O)n1-c1cccc(Cl)c1C. The van der Waals surface area contributed by atoms with E-state index in [1.54, 1.807) is 28.8 Å². The lowest BCUT2D eigenvalue weighted by Gasteiger charge is -2.15. The molecule has 0 saturated heterocycles. The van der Waals surface area contributed by atoms with Gasteiger partial charge in [0, 0.05) is 11.6 Å². The molecule has 1 amide bonds. The number of unbranched alkanes of at least 4 members (excludes halogenated alkanes) is 1. The van der Waals surface area contributed by atoms with Crippen LogP contribution in [0.3, 0.4) is 0 Å². The molecule has 7 heteroatoms. The number of aromatic nitrogens is 2. The molecule has 1 heterocycles. The lowest BCUT2D eigenvalue weighted by Crippen LogP contribution is -2.27. The second kappa shape index (κ2) is 9.26. The molecule has 28 heavy (non-hydrogen) atoms. The van der Waals surface area contributed by atoms with Crippen molar-refractivity contribution in [1.29, 1.82) is 0 Å². The number of hydrogen-bond donors (Lipinski definition) is 1. The van der Waals surface area contributed by atoms with Crippen LogP contribution in [0.4, 0.5) is 0 Å². The lowest BCUT2D eigenvalue weighted by molar-refractivity contribution is -0.118. The highest BCUT2D eigenvalue weighted by Gasteiger charge is 2.16. The van der Waals surface area contributed by atoms with Gasteiger partial charge in [0.1, 0.15) is 0 Å². The van der Waals surface area contributed by atoms with E-state index < -0.39 is 0 Å². The van der Waals surface area contributed by atoms with Crippen molar-refractivity contribution in [3.8, 4) is 5.69 Å². The van der Waals surface area contributed by atoms with E-state index in [4.69, 9.17) is 11.6 Å². The van der Waals surface area contributed by atoms with Gasteiger partial charge in [0.25, 0.3) is 5.56 Å². The monoisotopic (exact) mass is 415 g/mol. The summed E-state index contributed by atoms with van der Waals surface area (Å²) in [6.07, 6.45) is 1.96. The van der Waals surface area contributed by atoms with E-state index in [1.807, 2.05) is 25.1 Å². The molecule has 0 fully saturated rings. The summed E-state index contributed by atoms with van der Waals surface area (Å²) in [6, 6.07) is 12.6. The quantitative estimate of drug-likeness (QED) is 0.354. The Morgan fingerprint density at radius 1 is 1.21 bits per heavy atom. The highest BCUT2D eigenvalue weighted by molar-refractivity contribution is 7.99. The van der Waals surface area contributed by atoms with Gasteiger partial charge in [-0.2, -0.15) is 0 Å². The average Bonchev–Trinajstić information content (AvgIpc) is 2.69. The summed E-state index contributed by atoms with van der Waals surface area (Å²) in [7, 11) is 0. The Bertz CT molecular complexity index is 1070. The van der Waals surface area contributed by atoms with Crippen LogP contribution in [-0.2, 0) is 4.79 Å². The first-order chi connectivity index (χ1) is 13.5. The van der Waals surface area contributed by atoms with Gasteiger partial charge in [0.05, 0.1) is 22.3 Å². The fourth-order valence-corrected chi connectivity index (χ4v) is 3.85. The normalized spacial score (nSPS) is 11.0. The van der Waals surface area contributed by atoms with Gasteiger partial charge in [-0.3, -0.25) is 14.2 Å². The van der Waals surface area contributed by atoms with Crippen LogP contribution >= 0.6 is 23.4 Å². The maximum Gasteiger partial charge on any atom is 0.266 e. The number of fused-ring (bicyclic) bond motifs is 1. The van der Waals surface area contributed by atoms with Crippen molar-refractivity contribution < 1.29 is 4.79 Å². The molecule has 2 aromatic carbocycles. The predicted molar refractivity (Wildman–Crippen MR) is 116 cm³/mol. The molecule has 146 valence electrons. The van der Waals surface area contributed by atoms with Crippen LogP contribution in [0, 0.1) is 6.92 Å². The number of benzene rings is 2. The zero-order chi connectivity index (χ0) is 20.1. The Morgan fingerprint density at radius 2 is 2.00 bits per heavy atom. The van der Waals surface area contributed by atoms with Crippen molar-refractivity contribution in [3.05, 3.63) is 63.4 Å². The number of halogens is 1. The van der Waals surface area contributed by atoms with E-state index in [2.05, 4.69) is 17.2 Å². The van der Waals surface area contributed by atoms with Crippen LogP contribution in [0.5, 0.6) is 0 Å². The molecule has 0 saturated carbocycles. The van der Waals surface area contributed by atoms with Gasteiger partial charge in [-0.25, -0.2) is 4.98 Å². The third-order valence-electron chi connectivity index (χ3n) is 4.41. The Kier molecular flexibility index (Phi) is 6.75. The molecule has 0 aliphatic rings. The van der Waals surface area contributed by atoms with Gasteiger partial charge in [-0.1, -0.05) is 54.9 Å². The van der Waals surface area contributed by atoms with Crippen molar-refractivity contribution in [2.45, 2.75) is 31.8 Å². The summed E-state index contributed by atoms with van der Waals surface area (Å²) in [5.41, 5.74) is 1.89. The first kappa shape index (κ1) is 20.4. The smallest absolute Gasteiger partial charge is 0.266 e. The van der Waals surface area contributed by atoms with Crippen molar-refractivity contribution >= 4 is 40.2 Å². The zero-order valence-electron chi connectivity index (χ0n) is 15.9. The van der Waals surface area contributed by atoms with Gasteiger partial charge < -0.3 is 5.32 Å². The van der Waals surface area contributed by atoms with Crippen LogP contribution in [0.2, 0.25) is 5.02 Å². The van der Waals surface area contributed by atoms with Gasteiger partial charge in [0.15, 0.2) is 5.16 Å². The largest absolute Gasteiger partial charge is 0.355 e. The molecule has 5 nitrogen and oxygen atoms in total. The maximum absolute atomic E-state index is 13.2. The molecular weight excluding hydrogens is 394 g/mol. The molecule has 0 bridgehead atoms. The Balaban J connectivity index is 2.04. The summed E-state index contributed by atoms with van der Waals surface area (Å²) in [5.74, 6) is 0.115. The number of carbonyl (C=O) groups excluding carboxylic acids is 1. The first-order valence-corrected chi connectivity index (χ1v) is 10.6. The molecule has 0 spiro atoms. The van der Waals surface area contributed by atoms with E-state index in [-0.39, 0.29) is 17.2 Å². The minimum absolute atomic E-state index is 0.0739. The maximum atomic E-state index is 13.2. The molecule has 1 aromatic heterocycles. The fraction of sp³-hybridized carbons (Fsp3) is 0.286. The zero-order valence-corrected chi connectivity index (χ0v) is 17.4. The number of carbonyl (C=O) groups is 1. The van der Waals surface area contributed by atoms with Crippen LogP contribution in [-0.4, -0.2) is 27.8 Å². The number of thioether (sulfide) groups is 1. The third-order valence-corrected chi connectivity index (χ3v) is 5.76. The first-order valence-electron chi connectivity index (χ1n) is 9.19. The lowest BCUT2D eigenvalue weighted by atomic mass is 10.2. The highest BCUT2D eigenvalue weighted by atomic mass is 35.5. The Morgan fingerprint density at radius 3 is 2.79 bits per heavy atom. The molecule has 0 radical (unpaired) electrons. The molecule has 3 aromatic rings. The van der Waals surface area contributed by atoms with Crippen molar-refractivity contribution in [1.82, 2.24) is 14.9 Å². The number of para-hydroxylation sites is 1. The molecule has 0 atom stereocenters. The van der Waals surface area contributed by atoms with Gasteiger partial charge in [-0.15, -0.1) is 0 Å². The topological polar surface area (TPSA) is 64.0 Å². The van der Waals surface area contributed by atoms with Gasteiger partial charge in [0.2, 0.25) is 5.91 Å². The summed E-state index contributed by atoms with van der Waals surface area (Å²) in [5, 5.41) is 4.46. The minimum atomic E-state index is -0.176. The van der Waals surface area contributed by atoms with Crippen molar-refractivity contribution in [3.63, 3.8) is 0 Å². The van der Waals surface area contributed by atoms with Crippen molar-refractivity contribution in [2.75, 3.05) is 12.3 Å².